The molecular weight excluding hydrogens is 410 g/mol. The van der Waals surface area contributed by atoms with Gasteiger partial charge in [0.25, 0.3) is 5.91 Å². The molecule has 150 valence electrons. The number of anilines is 2. The largest absolute Gasteiger partial charge is 0.383 e. The third kappa shape index (κ3) is 3.86. The van der Waals surface area contributed by atoms with Crippen molar-refractivity contribution in [2.75, 3.05) is 17.2 Å². The van der Waals surface area contributed by atoms with E-state index in [1.807, 2.05) is 6.92 Å². The van der Waals surface area contributed by atoms with E-state index in [4.69, 9.17) is 17.3 Å². The summed E-state index contributed by atoms with van der Waals surface area (Å²) in [5.41, 5.74) is 7.90. The molecule has 2 aromatic heterocycles. The molecule has 1 aromatic carbocycles. The number of Topliss-reactive ketones (excluding diaryl/α,β-unsaturated/α-hetero) is 1. The van der Waals surface area contributed by atoms with Gasteiger partial charge in [-0.05, 0) is 43.3 Å². The number of ketones is 1. The van der Waals surface area contributed by atoms with Crippen LogP contribution in [0.15, 0.2) is 48.8 Å². The Morgan fingerprint density at radius 1 is 1.28 bits per heavy atom. The van der Waals surface area contributed by atoms with E-state index in [0.717, 1.165) is 5.69 Å². The van der Waals surface area contributed by atoms with E-state index in [2.05, 4.69) is 10.1 Å². The zero-order valence-electron chi connectivity index (χ0n) is 15.7. The van der Waals surface area contributed by atoms with Crippen LogP contribution in [0.4, 0.5) is 11.5 Å². The number of fused-ring (bicyclic) bond motifs is 1. The van der Waals surface area contributed by atoms with Crippen LogP contribution in [0.1, 0.15) is 39.4 Å². The van der Waals surface area contributed by atoms with E-state index >= 15 is 0 Å². The Morgan fingerprint density at radius 2 is 2.00 bits per heavy atom. The minimum atomic E-state index is -0.203. The standard InChI is InChI=1S/C20H18ClN5O2.H2S/c1-12-11-25(15-6-4-14(21)5-7-15)20(28)18-13(10-24-26(12)18)9-17(27)16-3-2-8-23-19(16)22;/h2-8,10,12H,9,11H2,1H3,(H2,22,23);1H2/t12-;/m0./s1. The zero-order valence-corrected chi connectivity index (χ0v) is 17.4. The fourth-order valence-electron chi connectivity index (χ4n) is 3.41. The van der Waals surface area contributed by atoms with Gasteiger partial charge < -0.3 is 10.6 Å². The van der Waals surface area contributed by atoms with Crippen LogP contribution in [0.5, 0.6) is 0 Å². The van der Waals surface area contributed by atoms with Crippen molar-refractivity contribution in [3.8, 4) is 0 Å². The van der Waals surface area contributed by atoms with Crippen molar-refractivity contribution in [3.05, 3.63) is 70.6 Å². The van der Waals surface area contributed by atoms with Crippen molar-refractivity contribution >= 4 is 48.3 Å². The zero-order chi connectivity index (χ0) is 19.8. The highest BCUT2D eigenvalue weighted by molar-refractivity contribution is 7.59. The van der Waals surface area contributed by atoms with Gasteiger partial charge in [-0.3, -0.25) is 14.3 Å². The molecule has 1 atom stereocenters. The smallest absolute Gasteiger partial charge is 0.276 e. The van der Waals surface area contributed by atoms with E-state index < -0.39 is 0 Å². The lowest BCUT2D eigenvalue weighted by molar-refractivity contribution is 0.0951. The van der Waals surface area contributed by atoms with Gasteiger partial charge in [0, 0.05) is 35.4 Å². The molecule has 0 aliphatic carbocycles. The first-order valence-electron chi connectivity index (χ1n) is 8.83. The van der Waals surface area contributed by atoms with Crippen LogP contribution in [-0.2, 0) is 6.42 Å². The first-order valence-corrected chi connectivity index (χ1v) is 9.21. The SMILES string of the molecule is C[C@H]1CN(c2ccc(Cl)cc2)C(=O)c2c(CC(=O)c3cccnc3N)cnn21.S. The number of nitrogens with zero attached hydrogens (tertiary/aromatic N) is 4. The lowest BCUT2D eigenvalue weighted by atomic mass is 10.0. The molecular formula is C20H20ClN5O2S. The van der Waals surface area contributed by atoms with E-state index in [-0.39, 0.29) is 43.5 Å². The molecule has 0 saturated carbocycles. The minimum Gasteiger partial charge on any atom is -0.383 e. The van der Waals surface area contributed by atoms with E-state index in [1.54, 1.807) is 52.2 Å². The summed E-state index contributed by atoms with van der Waals surface area (Å²) in [6.07, 6.45) is 3.14. The van der Waals surface area contributed by atoms with Crippen molar-refractivity contribution in [3.63, 3.8) is 0 Å². The average Bonchev–Trinajstić information content (AvgIpc) is 3.10. The van der Waals surface area contributed by atoms with Gasteiger partial charge in [0.05, 0.1) is 17.8 Å². The Kier molecular flexibility index (Phi) is 5.95. The maximum Gasteiger partial charge on any atom is 0.276 e. The normalized spacial score (nSPS) is 15.6. The topological polar surface area (TPSA) is 94.1 Å². The minimum absolute atomic E-state index is 0. The van der Waals surface area contributed by atoms with Gasteiger partial charge in [-0.25, -0.2) is 4.98 Å². The molecule has 0 radical (unpaired) electrons. The number of carbonyl (C=O) groups excluding carboxylic acids is 2. The molecule has 1 aliphatic heterocycles. The lowest BCUT2D eigenvalue weighted by Crippen LogP contribution is -2.43. The summed E-state index contributed by atoms with van der Waals surface area (Å²) >= 11 is 5.96. The van der Waals surface area contributed by atoms with Crippen molar-refractivity contribution in [2.45, 2.75) is 19.4 Å². The number of carbonyl (C=O) groups is 2. The molecule has 3 heterocycles. The summed E-state index contributed by atoms with van der Waals surface area (Å²) in [4.78, 5) is 31.5. The van der Waals surface area contributed by atoms with Crippen LogP contribution >= 0.6 is 25.1 Å². The molecule has 29 heavy (non-hydrogen) atoms. The molecule has 0 fully saturated rings. The van der Waals surface area contributed by atoms with Crippen LogP contribution in [0.2, 0.25) is 5.02 Å². The van der Waals surface area contributed by atoms with Crippen molar-refractivity contribution in [2.24, 2.45) is 0 Å². The summed E-state index contributed by atoms with van der Waals surface area (Å²) in [6, 6.07) is 10.4. The number of hydrogen-bond donors (Lipinski definition) is 1. The van der Waals surface area contributed by atoms with Gasteiger partial charge in [-0.15, -0.1) is 0 Å². The Labute approximate surface area is 179 Å². The second-order valence-electron chi connectivity index (χ2n) is 6.74. The van der Waals surface area contributed by atoms with Gasteiger partial charge >= 0.3 is 0 Å². The molecule has 3 aromatic rings. The van der Waals surface area contributed by atoms with Gasteiger partial charge in [-0.2, -0.15) is 18.6 Å². The summed E-state index contributed by atoms with van der Waals surface area (Å²) < 4.78 is 1.68. The molecule has 4 rings (SSSR count). The van der Waals surface area contributed by atoms with Gasteiger partial charge in [0.2, 0.25) is 0 Å². The Morgan fingerprint density at radius 3 is 2.69 bits per heavy atom. The summed E-state index contributed by atoms with van der Waals surface area (Å²) in [5.74, 6) is -0.221. The van der Waals surface area contributed by atoms with Gasteiger partial charge in [0.15, 0.2) is 5.78 Å². The molecule has 7 nitrogen and oxygen atoms in total. The molecule has 1 amide bonds. The van der Waals surface area contributed by atoms with Crippen molar-refractivity contribution in [1.29, 1.82) is 0 Å². The molecule has 0 spiro atoms. The number of nitrogens with two attached hydrogens (primary N) is 1. The molecule has 0 bridgehead atoms. The van der Waals surface area contributed by atoms with E-state index in [9.17, 15) is 9.59 Å². The fraction of sp³-hybridized carbons (Fsp3) is 0.200. The first-order chi connectivity index (χ1) is 13.5. The number of aromatic nitrogens is 3. The molecule has 0 unspecified atom stereocenters. The molecule has 0 saturated heterocycles. The van der Waals surface area contributed by atoms with Gasteiger partial charge in [-0.1, -0.05) is 11.6 Å². The van der Waals surface area contributed by atoms with Gasteiger partial charge in [0.1, 0.15) is 11.5 Å². The molecule has 2 N–H and O–H groups in total. The number of hydrogen-bond acceptors (Lipinski definition) is 5. The third-order valence-electron chi connectivity index (χ3n) is 4.81. The quantitative estimate of drug-likeness (QED) is 0.642. The van der Waals surface area contributed by atoms with Crippen LogP contribution in [0.3, 0.4) is 0 Å². The second kappa shape index (κ2) is 8.26. The van der Waals surface area contributed by atoms with Crippen LogP contribution in [-0.4, -0.2) is 33.0 Å². The first kappa shape index (κ1) is 20.9. The highest BCUT2D eigenvalue weighted by Gasteiger charge is 2.33. The predicted molar refractivity (Wildman–Crippen MR) is 117 cm³/mol. The van der Waals surface area contributed by atoms with Crippen LogP contribution in [0.25, 0.3) is 0 Å². The highest BCUT2D eigenvalue weighted by atomic mass is 35.5. The maximum absolute atomic E-state index is 13.2. The van der Waals surface area contributed by atoms with Crippen LogP contribution < -0.4 is 10.6 Å². The van der Waals surface area contributed by atoms with Crippen molar-refractivity contribution in [1.82, 2.24) is 14.8 Å². The number of halogens is 1. The average molecular weight is 430 g/mol. The van der Waals surface area contributed by atoms with Crippen LogP contribution in [0, 0.1) is 0 Å². The van der Waals surface area contributed by atoms with E-state index in [1.165, 1.54) is 6.20 Å². The number of amides is 1. The third-order valence-corrected chi connectivity index (χ3v) is 5.06. The number of benzene rings is 1. The fourth-order valence-corrected chi connectivity index (χ4v) is 3.54. The molecule has 9 heteroatoms. The Hall–Kier alpha value is -2.84. The number of pyridine rings is 1. The summed E-state index contributed by atoms with van der Waals surface area (Å²) in [7, 11) is 0. The molecule has 1 aliphatic rings. The van der Waals surface area contributed by atoms with Crippen molar-refractivity contribution < 1.29 is 9.59 Å². The Bertz CT molecular complexity index is 1070. The summed E-state index contributed by atoms with van der Waals surface area (Å²) in [6.45, 7) is 2.47. The highest BCUT2D eigenvalue weighted by Crippen LogP contribution is 2.29. The number of nitrogen functional groups attached to an aromatic ring is 1. The lowest BCUT2D eigenvalue weighted by Gasteiger charge is -2.32. The maximum atomic E-state index is 13.2. The summed E-state index contributed by atoms with van der Waals surface area (Å²) in [5, 5.41) is 4.95. The second-order valence-corrected chi connectivity index (χ2v) is 7.18. The predicted octanol–water partition coefficient (Wildman–Crippen LogP) is 3.27. The Balaban J connectivity index is 0.00000240. The van der Waals surface area contributed by atoms with E-state index in [0.29, 0.717) is 28.4 Å². The monoisotopic (exact) mass is 429 g/mol. The number of rotatable bonds is 4.